The first-order chi connectivity index (χ1) is 27.1. The van der Waals surface area contributed by atoms with Crippen LogP contribution in [0.5, 0.6) is 0 Å². The maximum absolute atomic E-state index is 14.2. The number of carbonyl (C=O) groups excluding carboxylic acids is 4. The van der Waals surface area contributed by atoms with Crippen molar-refractivity contribution in [2.75, 3.05) is 73.6 Å². The molecule has 5 heterocycles. The van der Waals surface area contributed by atoms with Crippen molar-refractivity contribution < 1.29 is 28.7 Å². The Kier molecular flexibility index (Phi) is 12.7. The van der Waals surface area contributed by atoms with Crippen molar-refractivity contribution in [1.82, 2.24) is 30.2 Å². The predicted octanol–water partition coefficient (Wildman–Crippen LogP) is 4.37. The second-order valence-corrected chi connectivity index (χ2v) is 16.2. The van der Waals surface area contributed by atoms with Crippen LogP contribution in [0.3, 0.4) is 0 Å². The van der Waals surface area contributed by atoms with Crippen LogP contribution < -0.4 is 10.6 Å². The molecule has 2 amide bonds. The third kappa shape index (κ3) is 8.22. The predicted molar refractivity (Wildman–Crippen MR) is 214 cm³/mol. The van der Waals surface area contributed by atoms with Crippen molar-refractivity contribution in [3.05, 3.63) is 91.7 Å². The molecule has 2 N–H and O–H groups in total. The lowest BCUT2D eigenvalue weighted by atomic mass is 9.78. The Hall–Kier alpha value is -3.94. The molecule has 12 nitrogen and oxygen atoms in total. The lowest BCUT2D eigenvalue weighted by Gasteiger charge is -2.45. The van der Waals surface area contributed by atoms with Gasteiger partial charge in [0, 0.05) is 103 Å². The highest BCUT2D eigenvalue weighted by molar-refractivity contribution is 6.36. The van der Waals surface area contributed by atoms with E-state index in [0.29, 0.717) is 73.2 Å². The highest BCUT2D eigenvalue weighted by atomic mass is 35.5. The lowest BCUT2D eigenvalue weighted by molar-refractivity contribution is -0.137. The number of amides is 2. The zero-order valence-corrected chi connectivity index (χ0v) is 34.0. The van der Waals surface area contributed by atoms with Crippen LogP contribution in [0.15, 0.2) is 65.0 Å². The number of hydrogen-bond acceptors (Lipinski definition) is 10. The van der Waals surface area contributed by atoms with E-state index < -0.39 is 17.9 Å². The molecule has 0 aliphatic carbocycles. The number of methoxy groups -OCH3 is 2. The van der Waals surface area contributed by atoms with Crippen LogP contribution in [0.4, 0.5) is 0 Å². The highest BCUT2D eigenvalue weighted by Gasteiger charge is 2.43. The van der Waals surface area contributed by atoms with Crippen LogP contribution in [0.25, 0.3) is 0 Å². The number of hydrogen-bond donors (Lipinski definition) is 2. The summed E-state index contributed by atoms with van der Waals surface area (Å²) in [6.07, 6.45) is 5.33. The summed E-state index contributed by atoms with van der Waals surface area (Å²) in [5.41, 5.74) is 2.67. The minimum Gasteiger partial charge on any atom is -0.466 e. The van der Waals surface area contributed by atoms with Gasteiger partial charge in [-0.2, -0.15) is 0 Å². The number of carbonyl (C=O) groups is 4. The molecular weight excluding hydrogens is 755 g/mol. The second kappa shape index (κ2) is 17.7. The summed E-state index contributed by atoms with van der Waals surface area (Å²) in [7, 11) is 4.79. The van der Waals surface area contributed by atoms with Gasteiger partial charge in [0.1, 0.15) is 0 Å². The first-order valence-corrected chi connectivity index (χ1v) is 20.5. The van der Waals surface area contributed by atoms with Gasteiger partial charge in [0.15, 0.2) is 0 Å². The number of halogens is 2. The third-order valence-corrected chi connectivity index (χ3v) is 13.2. The number of piperazine rings is 2. The van der Waals surface area contributed by atoms with Crippen LogP contribution >= 0.6 is 23.2 Å². The normalized spacial score (nSPS) is 24.6. The SMILES string of the molecule is COC(=O)C1=C(CCc2ccccc2C(=O)N2CCNCC2)NC(CC(=O)N2CCN(C3CC4CCC(C3)N4C)CC2)=C(C(=O)OC)C1c1c(Cl)cccc1Cl. The summed E-state index contributed by atoms with van der Waals surface area (Å²) < 4.78 is 10.7. The smallest absolute Gasteiger partial charge is 0.336 e. The molecule has 0 aromatic heterocycles. The largest absolute Gasteiger partial charge is 0.466 e. The summed E-state index contributed by atoms with van der Waals surface area (Å²) in [6.45, 7) is 5.41. The molecule has 14 heteroatoms. The van der Waals surface area contributed by atoms with Gasteiger partial charge in [-0.15, -0.1) is 0 Å². The number of dihydropyridines is 1. The Balaban J connectivity index is 1.19. The standard InChI is InChI=1S/C42H52Cl2N6O6/c1-47-27-12-13-28(47)24-29(23-27)48-19-21-49(22-20-48)35(51)25-34-38(42(54)56-3)39(36-31(43)9-6-10-32(36)44)37(41(53)55-2)33(46-34)14-11-26-7-4-5-8-30(26)40(52)50-17-15-45-16-18-50/h4-10,27-29,39,45-46H,11-25H2,1-3H3. The van der Waals surface area contributed by atoms with Gasteiger partial charge in [-0.25, -0.2) is 9.59 Å². The quantitative estimate of drug-likeness (QED) is 0.335. The number of aryl methyl sites for hydroxylation is 1. The molecule has 2 aromatic carbocycles. The monoisotopic (exact) mass is 806 g/mol. The van der Waals surface area contributed by atoms with E-state index in [4.69, 9.17) is 32.7 Å². The Bertz CT molecular complexity index is 1870. The van der Waals surface area contributed by atoms with Crippen molar-refractivity contribution >= 4 is 47.0 Å². The lowest BCUT2D eigenvalue weighted by Crippen LogP contribution is -2.56. The van der Waals surface area contributed by atoms with E-state index in [1.54, 1.807) is 18.2 Å². The Morgan fingerprint density at radius 2 is 1.34 bits per heavy atom. The fourth-order valence-corrected chi connectivity index (χ4v) is 10.1. The first-order valence-electron chi connectivity index (χ1n) is 19.7. The van der Waals surface area contributed by atoms with Crippen LogP contribution in [0, 0.1) is 0 Å². The van der Waals surface area contributed by atoms with E-state index in [2.05, 4.69) is 27.5 Å². The average molecular weight is 808 g/mol. The second-order valence-electron chi connectivity index (χ2n) is 15.4. The first kappa shape index (κ1) is 40.3. The zero-order chi connectivity index (χ0) is 39.5. The number of rotatable bonds is 10. The fraction of sp³-hybridized carbons (Fsp3) is 0.524. The van der Waals surface area contributed by atoms with Gasteiger partial charge < -0.3 is 34.8 Å². The Morgan fingerprint density at radius 1 is 0.732 bits per heavy atom. The van der Waals surface area contributed by atoms with Crippen molar-refractivity contribution in [3.63, 3.8) is 0 Å². The molecule has 300 valence electrons. The van der Waals surface area contributed by atoms with Crippen LogP contribution in [0.2, 0.25) is 10.0 Å². The number of benzene rings is 2. The van der Waals surface area contributed by atoms with Crippen LogP contribution in [0.1, 0.15) is 65.9 Å². The molecule has 2 aromatic rings. The fourth-order valence-electron chi connectivity index (χ4n) is 9.45. The van der Waals surface area contributed by atoms with Crippen molar-refractivity contribution in [3.8, 4) is 0 Å². The molecule has 5 aliphatic heterocycles. The van der Waals surface area contributed by atoms with E-state index in [9.17, 15) is 19.2 Å². The molecule has 56 heavy (non-hydrogen) atoms. The average Bonchev–Trinajstić information content (AvgIpc) is 3.40. The van der Waals surface area contributed by atoms with Crippen LogP contribution in [-0.4, -0.2) is 135 Å². The molecule has 4 fully saturated rings. The molecule has 3 unspecified atom stereocenters. The maximum atomic E-state index is 14.2. The van der Waals surface area contributed by atoms with Crippen molar-refractivity contribution in [2.45, 2.75) is 69.0 Å². The number of nitrogens with one attached hydrogen (secondary N) is 2. The van der Waals surface area contributed by atoms with Gasteiger partial charge in [-0.1, -0.05) is 47.5 Å². The van der Waals surface area contributed by atoms with Gasteiger partial charge >= 0.3 is 11.9 Å². The minimum atomic E-state index is -1.11. The molecule has 2 bridgehead atoms. The van der Waals surface area contributed by atoms with E-state index in [-0.39, 0.29) is 45.8 Å². The van der Waals surface area contributed by atoms with Gasteiger partial charge in [-0.3, -0.25) is 14.5 Å². The number of fused-ring (bicyclic) bond motifs is 2. The Morgan fingerprint density at radius 3 is 1.96 bits per heavy atom. The molecule has 0 radical (unpaired) electrons. The summed E-state index contributed by atoms with van der Waals surface area (Å²) in [6, 6.07) is 14.2. The van der Waals surface area contributed by atoms with Crippen LogP contribution in [-0.2, 0) is 30.3 Å². The van der Waals surface area contributed by atoms with E-state index in [1.165, 1.54) is 27.1 Å². The summed E-state index contributed by atoms with van der Waals surface area (Å²) in [5.74, 6) is -2.72. The molecule has 0 saturated carbocycles. The van der Waals surface area contributed by atoms with E-state index in [1.807, 2.05) is 34.1 Å². The van der Waals surface area contributed by atoms with Crippen molar-refractivity contribution in [1.29, 1.82) is 0 Å². The van der Waals surface area contributed by atoms with Gasteiger partial charge in [-0.05, 0) is 69.3 Å². The third-order valence-electron chi connectivity index (χ3n) is 12.5. The van der Waals surface area contributed by atoms with Gasteiger partial charge in [0.05, 0.1) is 37.7 Å². The number of allylic oxidation sites excluding steroid dienone is 1. The number of piperidine rings is 1. The molecule has 4 saturated heterocycles. The summed E-state index contributed by atoms with van der Waals surface area (Å²) >= 11 is 13.7. The van der Waals surface area contributed by atoms with Crippen molar-refractivity contribution in [2.24, 2.45) is 0 Å². The maximum Gasteiger partial charge on any atom is 0.336 e. The molecular formula is C42H52Cl2N6O6. The molecule has 3 atom stereocenters. The zero-order valence-electron chi connectivity index (χ0n) is 32.5. The molecule has 5 aliphatic rings. The summed E-state index contributed by atoms with van der Waals surface area (Å²) in [4.78, 5) is 64.5. The van der Waals surface area contributed by atoms with E-state index in [0.717, 1.165) is 44.6 Å². The molecule has 0 spiro atoms. The Labute approximate surface area is 339 Å². The number of ether oxygens (including phenoxy) is 2. The van der Waals surface area contributed by atoms with E-state index >= 15 is 0 Å². The molecule has 7 rings (SSSR count). The van der Waals surface area contributed by atoms with Gasteiger partial charge in [0.25, 0.3) is 5.91 Å². The number of esters is 2. The summed E-state index contributed by atoms with van der Waals surface area (Å²) in [5, 5.41) is 7.13. The minimum absolute atomic E-state index is 0.0518. The topological polar surface area (TPSA) is 124 Å². The van der Waals surface area contributed by atoms with Gasteiger partial charge in [0.2, 0.25) is 5.91 Å². The number of nitrogens with zero attached hydrogens (tertiary/aromatic N) is 4. The highest BCUT2D eigenvalue weighted by Crippen LogP contribution is 2.46.